The van der Waals surface area contributed by atoms with Gasteiger partial charge in [-0.2, -0.15) is 18.3 Å². The number of aromatic nitrogens is 2. The standard InChI is InChI=1S/C19H11Cl2F3N2O/c1-27-15-6-3-12(4-7-15)2-5-14-8-9-26(25-14)18-16(20)10-13(11-17(18)21)19(22,23)24/h3-4,6-11H,1H3. The second kappa shape index (κ2) is 7.55. The Morgan fingerprint density at radius 2 is 1.63 bits per heavy atom. The predicted molar refractivity (Wildman–Crippen MR) is 97.6 cm³/mol. The van der Waals surface area contributed by atoms with Crippen molar-refractivity contribution in [2.24, 2.45) is 0 Å². The number of benzene rings is 2. The van der Waals surface area contributed by atoms with Crippen LogP contribution in [0.2, 0.25) is 10.0 Å². The Kier molecular flexibility index (Phi) is 5.36. The van der Waals surface area contributed by atoms with E-state index in [0.29, 0.717) is 5.69 Å². The third-order valence-electron chi connectivity index (χ3n) is 3.59. The van der Waals surface area contributed by atoms with E-state index in [0.717, 1.165) is 23.4 Å². The largest absolute Gasteiger partial charge is 0.497 e. The Hall–Kier alpha value is -2.62. The molecular formula is C19H11Cl2F3N2O. The van der Waals surface area contributed by atoms with Gasteiger partial charge in [0.1, 0.15) is 17.1 Å². The zero-order chi connectivity index (χ0) is 19.6. The number of halogens is 5. The highest BCUT2D eigenvalue weighted by Crippen LogP contribution is 2.37. The first-order chi connectivity index (χ1) is 12.8. The summed E-state index contributed by atoms with van der Waals surface area (Å²) in [6.45, 7) is 0. The first kappa shape index (κ1) is 19.2. The minimum Gasteiger partial charge on any atom is -0.497 e. The molecule has 0 aliphatic heterocycles. The van der Waals surface area contributed by atoms with E-state index in [1.165, 1.54) is 10.9 Å². The lowest BCUT2D eigenvalue weighted by atomic mass is 10.2. The Balaban J connectivity index is 1.89. The highest BCUT2D eigenvalue weighted by atomic mass is 35.5. The molecule has 0 unspecified atom stereocenters. The smallest absolute Gasteiger partial charge is 0.416 e. The number of hydrogen-bond acceptors (Lipinski definition) is 2. The topological polar surface area (TPSA) is 27.1 Å². The number of ether oxygens (including phenoxy) is 1. The van der Waals surface area contributed by atoms with Crippen LogP contribution in [0.5, 0.6) is 5.75 Å². The lowest BCUT2D eigenvalue weighted by molar-refractivity contribution is -0.137. The molecule has 1 heterocycles. The number of methoxy groups -OCH3 is 1. The quantitative estimate of drug-likeness (QED) is 0.513. The van der Waals surface area contributed by atoms with Crippen LogP contribution in [0.25, 0.3) is 5.69 Å². The summed E-state index contributed by atoms with van der Waals surface area (Å²) in [6, 6.07) is 10.4. The minimum absolute atomic E-state index is 0.156. The zero-order valence-corrected chi connectivity index (χ0v) is 15.3. The van der Waals surface area contributed by atoms with Crippen molar-refractivity contribution < 1.29 is 17.9 Å². The second-order valence-corrected chi connectivity index (χ2v) is 6.22. The Morgan fingerprint density at radius 3 is 2.19 bits per heavy atom. The molecule has 3 rings (SSSR count). The van der Waals surface area contributed by atoms with Gasteiger partial charge in [0.25, 0.3) is 0 Å². The van der Waals surface area contributed by atoms with Gasteiger partial charge in [-0.25, -0.2) is 4.68 Å². The Bertz CT molecular complexity index is 1010. The van der Waals surface area contributed by atoms with Crippen LogP contribution in [0.4, 0.5) is 13.2 Å². The summed E-state index contributed by atoms with van der Waals surface area (Å²) in [5, 5.41) is 3.89. The van der Waals surface area contributed by atoms with Crippen LogP contribution in [-0.4, -0.2) is 16.9 Å². The van der Waals surface area contributed by atoms with Gasteiger partial charge in [-0.15, -0.1) is 0 Å². The number of rotatable bonds is 2. The van der Waals surface area contributed by atoms with E-state index in [1.54, 1.807) is 37.4 Å². The molecule has 0 fully saturated rings. The molecule has 1 aromatic heterocycles. The third kappa shape index (κ3) is 4.38. The molecule has 0 atom stereocenters. The molecule has 0 N–H and O–H groups in total. The number of alkyl halides is 3. The van der Waals surface area contributed by atoms with Crippen molar-refractivity contribution >= 4 is 23.2 Å². The van der Waals surface area contributed by atoms with Crippen LogP contribution >= 0.6 is 23.2 Å². The molecule has 0 saturated carbocycles. The molecular weight excluding hydrogens is 400 g/mol. The van der Waals surface area contributed by atoms with Gasteiger partial charge in [0.15, 0.2) is 0 Å². The van der Waals surface area contributed by atoms with E-state index >= 15 is 0 Å². The van der Waals surface area contributed by atoms with Crippen LogP contribution in [-0.2, 0) is 6.18 Å². The van der Waals surface area contributed by atoms with Crippen molar-refractivity contribution in [1.82, 2.24) is 9.78 Å². The lowest BCUT2D eigenvalue weighted by Crippen LogP contribution is -2.07. The van der Waals surface area contributed by atoms with Crippen molar-refractivity contribution in [1.29, 1.82) is 0 Å². The van der Waals surface area contributed by atoms with Gasteiger partial charge in [0, 0.05) is 11.8 Å². The minimum atomic E-state index is -4.54. The molecule has 27 heavy (non-hydrogen) atoms. The van der Waals surface area contributed by atoms with Crippen LogP contribution in [0.1, 0.15) is 16.8 Å². The fraction of sp³-hybridized carbons (Fsp3) is 0.105. The normalized spacial score (nSPS) is 11.0. The average Bonchev–Trinajstić information content (AvgIpc) is 3.07. The van der Waals surface area contributed by atoms with Crippen LogP contribution < -0.4 is 4.74 Å². The van der Waals surface area contributed by atoms with E-state index < -0.39 is 11.7 Å². The van der Waals surface area contributed by atoms with E-state index in [9.17, 15) is 13.2 Å². The molecule has 3 nitrogen and oxygen atoms in total. The van der Waals surface area contributed by atoms with Crippen molar-refractivity contribution in [3.63, 3.8) is 0 Å². The van der Waals surface area contributed by atoms with Crippen LogP contribution in [0, 0.1) is 11.8 Å². The average molecular weight is 411 g/mol. The summed E-state index contributed by atoms with van der Waals surface area (Å²) in [5.41, 5.74) is 0.408. The number of nitrogens with zero attached hydrogens (tertiary/aromatic N) is 2. The van der Waals surface area contributed by atoms with E-state index in [2.05, 4.69) is 16.9 Å². The molecule has 0 bridgehead atoms. The molecule has 0 aliphatic carbocycles. The maximum Gasteiger partial charge on any atom is 0.416 e. The monoisotopic (exact) mass is 410 g/mol. The molecule has 0 amide bonds. The molecule has 0 spiro atoms. The van der Waals surface area contributed by atoms with Gasteiger partial charge in [0.05, 0.1) is 22.7 Å². The molecule has 0 saturated heterocycles. The van der Waals surface area contributed by atoms with Gasteiger partial charge in [-0.1, -0.05) is 29.1 Å². The van der Waals surface area contributed by atoms with Crippen molar-refractivity contribution in [2.45, 2.75) is 6.18 Å². The van der Waals surface area contributed by atoms with Crippen molar-refractivity contribution in [3.8, 4) is 23.3 Å². The first-order valence-corrected chi connectivity index (χ1v) is 8.32. The summed E-state index contributed by atoms with van der Waals surface area (Å²) in [5.74, 6) is 6.53. The molecule has 0 radical (unpaired) electrons. The van der Waals surface area contributed by atoms with Crippen LogP contribution in [0.15, 0.2) is 48.7 Å². The fourth-order valence-corrected chi connectivity index (χ4v) is 2.93. The van der Waals surface area contributed by atoms with Crippen molar-refractivity contribution in [3.05, 3.63) is 75.5 Å². The van der Waals surface area contributed by atoms with Crippen molar-refractivity contribution in [2.75, 3.05) is 7.11 Å². The molecule has 0 aliphatic rings. The third-order valence-corrected chi connectivity index (χ3v) is 4.16. The Labute approximate surface area is 163 Å². The first-order valence-electron chi connectivity index (χ1n) is 7.56. The summed E-state index contributed by atoms with van der Waals surface area (Å²) >= 11 is 12.0. The predicted octanol–water partition coefficient (Wildman–Crippen LogP) is 5.61. The SMILES string of the molecule is COc1ccc(C#Cc2ccn(-c3c(Cl)cc(C(F)(F)F)cc3Cl)n2)cc1. The lowest BCUT2D eigenvalue weighted by Gasteiger charge is -2.12. The van der Waals surface area contributed by atoms with E-state index in [1.807, 2.05) is 0 Å². The molecule has 8 heteroatoms. The van der Waals surface area contributed by atoms with Crippen LogP contribution in [0.3, 0.4) is 0 Å². The summed E-state index contributed by atoms with van der Waals surface area (Å²) < 4.78 is 44.9. The van der Waals surface area contributed by atoms with Gasteiger partial charge < -0.3 is 4.74 Å². The van der Waals surface area contributed by atoms with Gasteiger partial charge in [0.2, 0.25) is 0 Å². The van der Waals surface area contributed by atoms with Gasteiger partial charge in [-0.3, -0.25) is 0 Å². The molecule has 2 aromatic carbocycles. The summed E-state index contributed by atoms with van der Waals surface area (Å²) in [4.78, 5) is 0. The maximum atomic E-state index is 12.8. The van der Waals surface area contributed by atoms with E-state index in [4.69, 9.17) is 27.9 Å². The zero-order valence-electron chi connectivity index (χ0n) is 13.8. The Morgan fingerprint density at radius 1 is 1.00 bits per heavy atom. The number of hydrogen-bond donors (Lipinski definition) is 0. The second-order valence-electron chi connectivity index (χ2n) is 5.41. The maximum absolute atomic E-state index is 12.8. The molecule has 138 valence electrons. The summed E-state index contributed by atoms with van der Waals surface area (Å²) in [7, 11) is 1.57. The van der Waals surface area contributed by atoms with E-state index in [-0.39, 0.29) is 15.7 Å². The summed E-state index contributed by atoms with van der Waals surface area (Å²) in [6.07, 6.45) is -3.01. The van der Waals surface area contributed by atoms with Gasteiger partial charge in [-0.05, 0) is 48.4 Å². The highest BCUT2D eigenvalue weighted by Gasteiger charge is 2.32. The van der Waals surface area contributed by atoms with Gasteiger partial charge >= 0.3 is 6.18 Å². The fourth-order valence-electron chi connectivity index (χ4n) is 2.27. The highest BCUT2D eigenvalue weighted by molar-refractivity contribution is 6.37. The molecule has 3 aromatic rings.